The molecular formula is C21H19FN4O2. The standard InChI is InChI=1S/C21H19FN4O2/c1-14(27)25-17-6-4-7-18(10-17)26-19-9-16(11-23-13-19)21(28)24-12-15-5-2-3-8-20(15)22/h2-11,13,26H,12H2,1H3,(H,24,28)(H,25,27). The summed E-state index contributed by atoms with van der Waals surface area (Å²) in [7, 11) is 0. The molecule has 0 aliphatic carbocycles. The minimum atomic E-state index is -0.365. The van der Waals surface area contributed by atoms with Crippen LogP contribution in [0.15, 0.2) is 67.0 Å². The van der Waals surface area contributed by atoms with E-state index in [0.717, 1.165) is 5.69 Å². The molecule has 0 saturated heterocycles. The van der Waals surface area contributed by atoms with E-state index in [2.05, 4.69) is 20.9 Å². The smallest absolute Gasteiger partial charge is 0.253 e. The summed E-state index contributed by atoms with van der Waals surface area (Å²) in [6.45, 7) is 1.52. The number of benzene rings is 2. The van der Waals surface area contributed by atoms with Crippen LogP contribution in [0.1, 0.15) is 22.8 Å². The Hall–Kier alpha value is -3.74. The highest BCUT2D eigenvalue weighted by atomic mass is 19.1. The lowest BCUT2D eigenvalue weighted by Crippen LogP contribution is -2.23. The molecular weight excluding hydrogens is 359 g/mol. The summed E-state index contributed by atoms with van der Waals surface area (Å²) in [5.74, 6) is -0.880. The predicted molar refractivity (Wildman–Crippen MR) is 106 cm³/mol. The Bertz CT molecular complexity index is 1010. The van der Waals surface area contributed by atoms with Crippen molar-refractivity contribution < 1.29 is 14.0 Å². The van der Waals surface area contributed by atoms with Gasteiger partial charge in [-0.25, -0.2) is 4.39 Å². The number of nitrogens with one attached hydrogen (secondary N) is 3. The second kappa shape index (κ2) is 8.77. The fourth-order valence-corrected chi connectivity index (χ4v) is 2.60. The van der Waals surface area contributed by atoms with E-state index in [9.17, 15) is 14.0 Å². The number of carbonyl (C=O) groups excluding carboxylic acids is 2. The Morgan fingerprint density at radius 2 is 1.75 bits per heavy atom. The molecule has 3 aromatic rings. The first-order chi connectivity index (χ1) is 13.5. The molecule has 0 saturated carbocycles. The van der Waals surface area contributed by atoms with Crippen LogP contribution in [0, 0.1) is 5.82 Å². The topological polar surface area (TPSA) is 83.1 Å². The first-order valence-electron chi connectivity index (χ1n) is 8.62. The average Bonchev–Trinajstić information content (AvgIpc) is 2.67. The number of amides is 2. The van der Waals surface area contributed by atoms with Crippen LogP contribution in [0.4, 0.5) is 21.5 Å². The molecule has 0 fully saturated rings. The van der Waals surface area contributed by atoms with Crippen molar-refractivity contribution in [3.63, 3.8) is 0 Å². The molecule has 0 spiro atoms. The quantitative estimate of drug-likeness (QED) is 0.608. The number of carbonyl (C=O) groups is 2. The van der Waals surface area contributed by atoms with Crippen LogP contribution in [0.3, 0.4) is 0 Å². The number of hydrogen-bond donors (Lipinski definition) is 3. The lowest BCUT2D eigenvalue weighted by Gasteiger charge is -2.10. The fourth-order valence-electron chi connectivity index (χ4n) is 2.60. The van der Waals surface area contributed by atoms with Gasteiger partial charge in [-0.3, -0.25) is 14.6 Å². The van der Waals surface area contributed by atoms with Gasteiger partial charge in [-0.2, -0.15) is 0 Å². The van der Waals surface area contributed by atoms with Crippen LogP contribution in [0.5, 0.6) is 0 Å². The SMILES string of the molecule is CC(=O)Nc1cccc(Nc2cncc(C(=O)NCc3ccccc3F)c2)c1. The summed E-state index contributed by atoms with van der Waals surface area (Å²) in [5, 5.41) is 8.53. The van der Waals surface area contributed by atoms with Gasteiger partial charge < -0.3 is 16.0 Å². The van der Waals surface area contributed by atoms with E-state index in [0.29, 0.717) is 22.5 Å². The number of hydrogen-bond acceptors (Lipinski definition) is 4. The summed E-state index contributed by atoms with van der Waals surface area (Å²) >= 11 is 0. The highest BCUT2D eigenvalue weighted by Crippen LogP contribution is 2.20. The lowest BCUT2D eigenvalue weighted by atomic mass is 10.2. The summed E-state index contributed by atoms with van der Waals surface area (Å²) in [4.78, 5) is 27.6. The maximum Gasteiger partial charge on any atom is 0.253 e. The Morgan fingerprint density at radius 3 is 2.54 bits per heavy atom. The largest absolute Gasteiger partial charge is 0.354 e. The Kier molecular flexibility index (Phi) is 5.96. The minimum Gasteiger partial charge on any atom is -0.354 e. The zero-order valence-electron chi connectivity index (χ0n) is 15.2. The summed E-state index contributed by atoms with van der Waals surface area (Å²) < 4.78 is 13.7. The maximum atomic E-state index is 13.7. The molecule has 0 atom stereocenters. The zero-order chi connectivity index (χ0) is 19.9. The van der Waals surface area contributed by atoms with Crippen LogP contribution < -0.4 is 16.0 Å². The molecule has 7 heteroatoms. The van der Waals surface area contributed by atoms with Gasteiger partial charge in [-0.05, 0) is 30.3 Å². The molecule has 6 nitrogen and oxygen atoms in total. The van der Waals surface area contributed by atoms with Crippen LogP contribution >= 0.6 is 0 Å². The summed E-state index contributed by atoms with van der Waals surface area (Å²) in [6, 6.07) is 15.1. The van der Waals surface area contributed by atoms with Gasteiger partial charge in [0.05, 0.1) is 17.4 Å². The second-order valence-electron chi connectivity index (χ2n) is 6.12. The third kappa shape index (κ3) is 5.14. The van der Waals surface area contributed by atoms with Gasteiger partial charge in [0.15, 0.2) is 0 Å². The minimum absolute atomic E-state index is 0.0852. The predicted octanol–water partition coefficient (Wildman–Crippen LogP) is 3.85. The molecule has 1 heterocycles. The summed E-state index contributed by atoms with van der Waals surface area (Å²) in [6.07, 6.45) is 3.02. The van der Waals surface area contributed by atoms with Crippen LogP contribution in [-0.2, 0) is 11.3 Å². The molecule has 142 valence electrons. The zero-order valence-corrected chi connectivity index (χ0v) is 15.2. The van der Waals surface area contributed by atoms with Crippen LogP contribution in [-0.4, -0.2) is 16.8 Å². The van der Waals surface area contributed by atoms with E-state index < -0.39 is 0 Å². The van der Waals surface area contributed by atoms with E-state index in [1.807, 2.05) is 6.07 Å². The van der Waals surface area contributed by atoms with Gasteiger partial charge in [-0.15, -0.1) is 0 Å². The van der Waals surface area contributed by atoms with E-state index >= 15 is 0 Å². The van der Waals surface area contributed by atoms with Gasteiger partial charge in [0.1, 0.15) is 5.82 Å². The van der Waals surface area contributed by atoms with Gasteiger partial charge in [0.2, 0.25) is 5.91 Å². The van der Waals surface area contributed by atoms with E-state index in [1.165, 1.54) is 19.2 Å². The highest BCUT2D eigenvalue weighted by Gasteiger charge is 2.09. The molecule has 0 aliphatic heterocycles. The third-order valence-corrected chi connectivity index (χ3v) is 3.87. The Labute approximate surface area is 161 Å². The second-order valence-corrected chi connectivity index (χ2v) is 6.12. The van der Waals surface area contributed by atoms with Gasteiger partial charge in [0, 0.05) is 36.6 Å². The van der Waals surface area contributed by atoms with Gasteiger partial charge >= 0.3 is 0 Å². The van der Waals surface area contributed by atoms with Gasteiger partial charge in [0.25, 0.3) is 5.91 Å². The van der Waals surface area contributed by atoms with Gasteiger partial charge in [-0.1, -0.05) is 24.3 Å². The number of aromatic nitrogens is 1. The first-order valence-corrected chi connectivity index (χ1v) is 8.62. The monoisotopic (exact) mass is 378 g/mol. The van der Waals surface area contributed by atoms with Crippen molar-refractivity contribution in [1.82, 2.24) is 10.3 Å². The van der Waals surface area contributed by atoms with Crippen molar-refractivity contribution in [2.24, 2.45) is 0 Å². The number of rotatable bonds is 6. The maximum absolute atomic E-state index is 13.7. The molecule has 2 aromatic carbocycles. The first kappa shape index (κ1) is 19.0. The molecule has 0 unspecified atom stereocenters. The van der Waals surface area contributed by atoms with E-state index in [1.54, 1.807) is 48.7 Å². The van der Waals surface area contributed by atoms with E-state index in [4.69, 9.17) is 0 Å². The van der Waals surface area contributed by atoms with Crippen molar-refractivity contribution in [3.8, 4) is 0 Å². The van der Waals surface area contributed by atoms with Crippen molar-refractivity contribution in [1.29, 1.82) is 0 Å². The van der Waals surface area contributed by atoms with Crippen molar-refractivity contribution in [2.45, 2.75) is 13.5 Å². The molecule has 1 aromatic heterocycles. The van der Waals surface area contributed by atoms with Crippen molar-refractivity contribution >= 4 is 28.9 Å². The Balaban J connectivity index is 1.67. The van der Waals surface area contributed by atoms with E-state index in [-0.39, 0.29) is 24.2 Å². The molecule has 0 bridgehead atoms. The highest BCUT2D eigenvalue weighted by molar-refractivity contribution is 5.95. The van der Waals surface area contributed by atoms with Crippen molar-refractivity contribution in [2.75, 3.05) is 10.6 Å². The molecule has 0 radical (unpaired) electrons. The molecule has 2 amide bonds. The number of halogens is 1. The molecule has 3 N–H and O–H groups in total. The number of pyridine rings is 1. The van der Waals surface area contributed by atoms with Crippen LogP contribution in [0.25, 0.3) is 0 Å². The lowest BCUT2D eigenvalue weighted by molar-refractivity contribution is -0.114. The fraction of sp³-hybridized carbons (Fsp3) is 0.0952. The normalized spacial score (nSPS) is 10.2. The number of nitrogens with zero attached hydrogens (tertiary/aromatic N) is 1. The molecule has 0 aliphatic rings. The number of anilines is 3. The van der Waals surface area contributed by atoms with Crippen molar-refractivity contribution in [3.05, 3.63) is 83.9 Å². The molecule has 3 rings (SSSR count). The average molecular weight is 378 g/mol. The third-order valence-electron chi connectivity index (χ3n) is 3.87. The Morgan fingerprint density at radius 1 is 0.964 bits per heavy atom. The van der Waals surface area contributed by atoms with Crippen LogP contribution in [0.2, 0.25) is 0 Å². The summed E-state index contributed by atoms with van der Waals surface area (Å²) in [5.41, 5.74) is 2.76. The molecule has 28 heavy (non-hydrogen) atoms.